The maximum Gasteiger partial charge on any atom is 0.220 e. The number of aliphatic imine (C=N–C) groups is 1. The Morgan fingerprint density at radius 1 is 1.15 bits per heavy atom. The second kappa shape index (κ2) is 15.5. The highest BCUT2D eigenvalue weighted by Crippen LogP contribution is 2.20. The first-order chi connectivity index (χ1) is 12.1. The zero-order chi connectivity index (χ0) is 18.5. The molecule has 0 unspecified atom stereocenters. The van der Waals surface area contributed by atoms with Crippen LogP contribution < -0.4 is 10.6 Å². The van der Waals surface area contributed by atoms with Crippen molar-refractivity contribution in [1.82, 2.24) is 15.5 Å². The molecular formula is C20H41IN4O. The highest BCUT2D eigenvalue weighted by Gasteiger charge is 2.22. The average molecular weight is 480 g/mol. The number of guanidine groups is 1. The molecule has 0 bridgehead atoms. The van der Waals surface area contributed by atoms with Crippen molar-refractivity contribution in [2.45, 2.75) is 72.1 Å². The largest absolute Gasteiger partial charge is 0.359 e. The van der Waals surface area contributed by atoms with Crippen molar-refractivity contribution < 1.29 is 4.79 Å². The number of nitrogens with zero attached hydrogens (tertiary/aromatic N) is 2. The van der Waals surface area contributed by atoms with Gasteiger partial charge in [0.1, 0.15) is 0 Å². The van der Waals surface area contributed by atoms with E-state index >= 15 is 0 Å². The van der Waals surface area contributed by atoms with E-state index in [1.807, 2.05) is 0 Å². The molecule has 0 atom stereocenters. The zero-order valence-corrected chi connectivity index (χ0v) is 19.7. The van der Waals surface area contributed by atoms with Crippen LogP contribution in [0.5, 0.6) is 0 Å². The van der Waals surface area contributed by atoms with E-state index in [1.54, 1.807) is 7.05 Å². The number of hydrogen-bond acceptors (Lipinski definition) is 2. The van der Waals surface area contributed by atoms with Gasteiger partial charge in [0.15, 0.2) is 5.96 Å². The predicted octanol–water partition coefficient (Wildman–Crippen LogP) is 4.02. The topological polar surface area (TPSA) is 56.7 Å². The van der Waals surface area contributed by atoms with Crippen molar-refractivity contribution in [3.05, 3.63) is 0 Å². The van der Waals surface area contributed by atoms with E-state index in [0.29, 0.717) is 12.3 Å². The Kier molecular flexibility index (Phi) is 15.2. The molecule has 0 aromatic heterocycles. The van der Waals surface area contributed by atoms with Crippen molar-refractivity contribution in [3.63, 3.8) is 0 Å². The van der Waals surface area contributed by atoms with E-state index < -0.39 is 0 Å². The van der Waals surface area contributed by atoms with E-state index in [0.717, 1.165) is 50.9 Å². The molecule has 1 aliphatic rings. The fourth-order valence-corrected chi connectivity index (χ4v) is 3.34. The number of hydrogen-bond donors (Lipinski definition) is 2. The Balaban J connectivity index is 0.00000625. The fourth-order valence-electron chi connectivity index (χ4n) is 3.34. The first kappa shape index (κ1) is 25.5. The van der Waals surface area contributed by atoms with Gasteiger partial charge in [0.25, 0.3) is 0 Å². The lowest BCUT2D eigenvalue weighted by atomic mass is 9.93. The van der Waals surface area contributed by atoms with Gasteiger partial charge in [-0.3, -0.25) is 9.79 Å². The molecule has 1 saturated heterocycles. The molecule has 1 heterocycles. The SMILES string of the molecule is CCNC(=NCCCCCCC(C)C)N1CCC(CC(=O)NC)CC1.I. The molecule has 0 aromatic carbocycles. The van der Waals surface area contributed by atoms with Crippen LogP contribution in [0.3, 0.4) is 0 Å². The fraction of sp³-hybridized carbons (Fsp3) is 0.900. The summed E-state index contributed by atoms with van der Waals surface area (Å²) in [5, 5.41) is 6.17. The molecule has 0 aromatic rings. The molecule has 5 nitrogen and oxygen atoms in total. The summed E-state index contributed by atoms with van der Waals surface area (Å²) >= 11 is 0. The van der Waals surface area contributed by atoms with Crippen molar-refractivity contribution >= 4 is 35.8 Å². The summed E-state index contributed by atoms with van der Waals surface area (Å²) in [4.78, 5) is 18.7. The smallest absolute Gasteiger partial charge is 0.220 e. The van der Waals surface area contributed by atoms with Crippen LogP contribution in [0.25, 0.3) is 0 Å². The lowest BCUT2D eigenvalue weighted by Crippen LogP contribution is -2.46. The van der Waals surface area contributed by atoms with Crippen LogP contribution in [0.4, 0.5) is 0 Å². The summed E-state index contributed by atoms with van der Waals surface area (Å²) in [5.74, 6) is 2.56. The Morgan fingerprint density at radius 3 is 2.38 bits per heavy atom. The first-order valence-corrected chi connectivity index (χ1v) is 10.3. The highest BCUT2D eigenvalue weighted by molar-refractivity contribution is 14.0. The van der Waals surface area contributed by atoms with E-state index in [1.165, 1.54) is 32.1 Å². The van der Waals surface area contributed by atoms with Crippen LogP contribution in [-0.4, -0.2) is 50.0 Å². The molecule has 1 amide bonds. The Hall–Kier alpha value is -0.530. The van der Waals surface area contributed by atoms with Gasteiger partial charge in [-0.2, -0.15) is 0 Å². The monoisotopic (exact) mass is 480 g/mol. The predicted molar refractivity (Wildman–Crippen MR) is 122 cm³/mol. The van der Waals surface area contributed by atoms with Crippen LogP contribution in [0, 0.1) is 11.8 Å². The van der Waals surface area contributed by atoms with Gasteiger partial charge in [-0.25, -0.2) is 0 Å². The lowest BCUT2D eigenvalue weighted by molar-refractivity contribution is -0.121. The molecule has 1 aliphatic heterocycles. The minimum atomic E-state index is 0. The summed E-state index contributed by atoms with van der Waals surface area (Å²) in [7, 11) is 1.72. The summed E-state index contributed by atoms with van der Waals surface area (Å²) in [6, 6.07) is 0. The Labute approximate surface area is 178 Å². The lowest BCUT2D eigenvalue weighted by Gasteiger charge is -2.34. The number of unbranched alkanes of at least 4 members (excludes halogenated alkanes) is 3. The van der Waals surface area contributed by atoms with Crippen molar-refractivity contribution in [1.29, 1.82) is 0 Å². The summed E-state index contributed by atoms with van der Waals surface area (Å²) in [5.41, 5.74) is 0. The zero-order valence-electron chi connectivity index (χ0n) is 17.4. The van der Waals surface area contributed by atoms with Crippen LogP contribution >= 0.6 is 24.0 Å². The quantitative estimate of drug-likeness (QED) is 0.215. The van der Waals surface area contributed by atoms with Crippen LogP contribution in [-0.2, 0) is 4.79 Å². The van der Waals surface area contributed by atoms with Gasteiger partial charge in [0.2, 0.25) is 5.91 Å². The molecule has 1 fully saturated rings. The number of carbonyl (C=O) groups is 1. The molecule has 0 saturated carbocycles. The minimum absolute atomic E-state index is 0. The molecule has 0 radical (unpaired) electrons. The van der Waals surface area contributed by atoms with Gasteiger partial charge in [0, 0.05) is 39.6 Å². The van der Waals surface area contributed by atoms with Crippen LogP contribution in [0.2, 0.25) is 0 Å². The molecule has 0 spiro atoms. The standard InChI is InChI=1S/C20H40N4O.HI/c1-5-22-20(23-13-9-7-6-8-10-17(2)3)24-14-11-18(12-15-24)16-19(25)21-4;/h17-18H,5-16H2,1-4H3,(H,21,25)(H,22,23);1H. The maximum absolute atomic E-state index is 11.5. The number of nitrogens with one attached hydrogen (secondary N) is 2. The van der Waals surface area contributed by atoms with E-state index in [2.05, 4.69) is 36.3 Å². The van der Waals surface area contributed by atoms with Gasteiger partial charge < -0.3 is 15.5 Å². The number of carbonyl (C=O) groups excluding carboxylic acids is 1. The number of amides is 1. The normalized spacial score (nSPS) is 15.7. The molecular weight excluding hydrogens is 439 g/mol. The third kappa shape index (κ3) is 11.2. The average Bonchev–Trinajstić information content (AvgIpc) is 2.60. The minimum Gasteiger partial charge on any atom is -0.359 e. The molecule has 6 heteroatoms. The third-order valence-electron chi connectivity index (χ3n) is 4.95. The molecule has 2 N–H and O–H groups in total. The summed E-state index contributed by atoms with van der Waals surface area (Å²) in [6.45, 7) is 10.5. The first-order valence-electron chi connectivity index (χ1n) is 10.3. The van der Waals surface area contributed by atoms with Crippen molar-refractivity contribution in [2.75, 3.05) is 33.2 Å². The van der Waals surface area contributed by atoms with Crippen LogP contribution in [0.15, 0.2) is 4.99 Å². The van der Waals surface area contributed by atoms with Gasteiger partial charge in [-0.15, -0.1) is 24.0 Å². The molecule has 0 aliphatic carbocycles. The second-order valence-electron chi connectivity index (χ2n) is 7.64. The van der Waals surface area contributed by atoms with Crippen molar-refractivity contribution in [3.8, 4) is 0 Å². The van der Waals surface area contributed by atoms with Gasteiger partial charge in [-0.05, 0) is 38.0 Å². The van der Waals surface area contributed by atoms with E-state index in [4.69, 9.17) is 4.99 Å². The second-order valence-corrected chi connectivity index (χ2v) is 7.64. The molecule has 1 rings (SSSR count). The Bertz CT molecular complexity index is 393. The summed E-state index contributed by atoms with van der Waals surface area (Å²) in [6.07, 6.45) is 9.30. The van der Waals surface area contributed by atoms with E-state index in [9.17, 15) is 4.79 Å². The summed E-state index contributed by atoms with van der Waals surface area (Å²) < 4.78 is 0. The van der Waals surface area contributed by atoms with Crippen LogP contribution in [0.1, 0.15) is 72.1 Å². The molecule has 26 heavy (non-hydrogen) atoms. The van der Waals surface area contributed by atoms with Gasteiger partial charge in [0.05, 0.1) is 0 Å². The maximum atomic E-state index is 11.5. The third-order valence-corrected chi connectivity index (χ3v) is 4.95. The highest BCUT2D eigenvalue weighted by atomic mass is 127. The number of piperidine rings is 1. The van der Waals surface area contributed by atoms with Gasteiger partial charge >= 0.3 is 0 Å². The number of halogens is 1. The Morgan fingerprint density at radius 2 is 1.81 bits per heavy atom. The number of likely N-dealkylation sites (tertiary alicyclic amines) is 1. The van der Waals surface area contributed by atoms with Gasteiger partial charge in [-0.1, -0.05) is 39.5 Å². The van der Waals surface area contributed by atoms with Crippen molar-refractivity contribution in [2.24, 2.45) is 16.8 Å². The number of rotatable bonds is 10. The molecule has 154 valence electrons. The van der Waals surface area contributed by atoms with E-state index in [-0.39, 0.29) is 29.9 Å².